The smallest absolute Gasteiger partial charge is 0.264 e. The molecule has 1 amide bonds. The fourth-order valence-corrected chi connectivity index (χ4v) is 3.63. The summed E-state index contributed by atoms with van der Waals surface area (Å²) < 4.78 is 30.9. The number of carbonyl (C=O) groups is 1. The first kappa shape index (κ1) is 20.9. The van der Waals surface area contributed by atoms with Crippen LogP contribution in [-0.2, 0) is 21.4 Å². The third kappa shape index (κ3) is 4.65. The van der Waals surface area contributed by atoms with Crippen molar-refractivity contribution < 1.29 is 22.8 Å². The summed E-state index contributed by atoms with van der Waals surface area (Å²) in [6.45, 7) is 2.30. The SMILES string of the molecule is COc1ccc(C)cc1CN(C)C(=O)c1cccc(S(=O)(=O)N(C)OC)c1. The van der Waals surface area contributed by atoms with E-state index in [1.54, 1.807) is 20.2 Å². The van der Waals surface area contributed by atoms with Crippen LogP contribution < -0.4 is 4.74 Å². The quantitative estimate of drug-likeness (QED) is 0.677. The molecule has 0 aliphatic heterocycles. The summed E-state index contributed by atoms with van der Waals surface area (Å²) in [7, 11) is 1.96. The summed E-state index contributed by atoms with van der Waals surface area (Å²) in [5.41, 5.74) is 2.20. The first-order valence-electron chi connectivity index (χ1n) is 8.22. The van der Waals surface area contributed by atoms with Crippen LogP contribution in [0.2, 0.25) is 0 Å². The molecule has 0 radical (unpaired) electrons. The molecule has 0 N–H and O–H groups in total. The second kappa shape index (κ2) is 8.51. The van der Waals surface area contributed by atoms with Gasteiger partial charge in [-0.25, -0.2) is 8.42 Å². The monoisotopic (exact) mass is 392 g/mol. The van der Waals surface area contributed by atoms with Crippen LogP contribution in [-0.4, -0.2) is 52.0 Å². The van der Waals surface area contributed by atoms with Crippen LogP contribution in [0.15, 0.2) is 47.4 Å². The third-order valence-corrected chi connectivity index (χ3v) is 5.84. The van der Waals surface area contributed by atoms with Gasteiger partial charge in [0, 0.05) is 31.8 Å². The predicted octanol–water partition coefficient (Wildman–Crippen LogP) is 2.46. The fraction of sp³-hybridized carbons (Fsp3) is 0.316. The van der Waals surface area contributed by atoms with Crippen molar-refractivity contribution in [1.29, 1.82) is 0 Å². The molecule has 2 aromatic rings. The summed E-state index contributed by atoms with van der Waals surface area (Å²) in [6, 6.07) is 11.6. The van der Waals surface area contributed by atoms with E-state index < -0.39 is 10.0 Å². The molecule has 0 atom stereocenters. The number of carbonyl (C=O) groups excluding carboxylic acids is 1. The fourth-order valence-electron chi connectivity index (χ4n) is 2.61. The Morgan fingerprint density at radius 3 is 2.41 bits per heavy atom. The number of hydrogen-bond donors (Lipinski definition) is 0. The molecule has 0 aromatic heterocycles. The zero-order valence-corrected chi connectivity index (χ0v) is 16.9. The molecule has 2 aromatic carbocycles. The van der Waals surface area contributed by atoms with Crippen LogP contribution in [0.1, 0.15) is 21.5 Å². The molecule has 0 saturated heterocycles. The number of benzene rings is 2. The summed E-state index contributed by atoms with van der Waals surface area (Å²) in [4.78, 5) is 19.1. The van der Waals surface area contributed by atoms with Crippen LogP contribution in [0.5, 0.6) is 5.75 Å². The number of amides is 1. The van der Waals surface area contributed by atoms with E-state index in [0.29, 0.717) is 12.3 Å². The van der Waals surface area contributed by atoms with Crippen molar-refractivity contribution in [3.8, 4) is 5.75 Å². The van der Waals surface area contributed by atoms with Crippen LogP contribution >= 0.6 is 0 Å². The average molecular weight is 392 g/mol. The Morgan fingerprint density at radius 1 is 1.07 bits per heavy atom. The number of aryl methyl sites for hydroxylation is 1. The van der Waals surface area contributed by atoms with Crippen LogP contribution in [0, 0.1) is 6.92 Å². The van der Waals surface area contributed by atoms with E-state index >= 15 is 0 Å². The second-order valence-electron chi connectivity index (χ2n) is 6.10. The van der Waals surface area contributed by atoms with Gasteiger partial charge in [0.2, 0.25) is 0 Å². The molecular formula is C19H24N2O5S. The maximum absolute atomic E-state index is 12.8. The van der Waals surface area contributed by atoms with E-state index in [1.807, 2.05) is 25.1 Å². The molecule has 0 bridgehead atoms. The minimum absolute atomic E-state index is 0.0146. The van der Waals surface area contributed by atoms with Gasteiger partial charge in [0.05, 0.1) is 19.1 Å². The van der Waals surface area contributed by atoms with Gasteiger partial charge in [0.1, 0.15) is 5.75 Å². The summed E-state index contributed by atoms with van der Waals surface area (Å²) >= 11 is 0. The van der Waals surface area contributed by atoms with Crippen LogP contribution in [0.4, 0.5) is 0 Å². The van der Waals surface area contributed by atoms with Gasteiger partial charge < -0.3 is 9.64 Å². The number of nitrogens with zero attached hydrogens (tertiary/aromatic N) is 2. The molecule has 0 heterocycles. The van der Waals surface area contributed by atoms with E-state index in [2.05, 4.69) is 0 Å². The molecule has 0 fully saturated rings. The average Bonchev–Trinajstić information content (AvgIpc) is 2.66. The molecule has 146 valence electrons. The van der Waals surface area contributed by atoms with Crippen molar-refractivity contribution in [2.24, 2.45) is 0 Å². The van der Waals surface area contributed by atoms with Crippen molar-refractivity contribution in [2.45, 2.75) is 18.4 Å². The number of hydroxylamine groups is 1. The van der Waals surface area contributed by atoms with Gasteiger partial charge in [-0.2, -0.15) is 0 Å². The Kier molecular flexibility index (Phi) is 6.59. The highest BCUT2D eigenvalue weighted by atomic mass is 32.2. The van der Waals surface area contributed by atoms with Gasteiger partial charge in [-0.05, 0) is 31.2 Å². The van der Waals surface area contributed by atoms with E-state index in [0.717, 1.165) is 15.6 Å². The van der Waals surface area contributed by atoms with Gasteiger partial charge in [0.15, 0.2) is 0 Å². The van der Waals surface area contributed by atoms with E-state index in [4.69, 9.17) is 9.57 Å². The lowest BCUT2D eigenvalue weighted by molar-refractivity contribution is -0.0258. The van der Waals surface area contributed by atoms with Crippen molar-refractivity contribution in [3.05, 3.63) is 59.2 Å². The number of hydrogen-bond acceptors (Lipinski definition) is 5. The van der Waals surface area contributed by atoms with Crippen LogP contribution in [0.25, 0.3) is 0 Å². The van der Waals surface area contributed by atoms with E-state index in [-0.39, 0.29) is 16.4 Å². The highest BCUT2D eigenvalue weighted by Gasteiger charge is 2.23. The summed E-state index contributed by atoms with van der Waals surface area (Å²) in [6.07, 6.45) is 0. The van der Waals surface area contributed by atoms with Crippen molar-refractivity contribution in [1.82, 2.24) is 9.37 Å². The number of rotatable bonds is 7. The standard InChI is InChI=1S/C19H24N2O5S/c1-14-9-10-18(25-4)16(11-14)13-20(2)19(22)15-7-6-8-17(12-15)27(23,24)21(3)26-5/h6-12H,13H2,1-5H3. The van der Waals surface area contributed by atoms with Crippen LogP contribution in [0.3, 0.4) is 0 Å². The second-order valence-corrected chi connectivity index (χ2v) is 8.04. The van der Waals surface area contributed by atoms with Gasteiger partial charge in [-0.15, -0.1) is 0 Å². The Hall–Kier alpha value is -2.42. The van der Waals surface area contributed by atoms with Crippen molar-refractivity contribution >= 4 is 15.9 Å². The molecule has 0 aliphatic carbocycles. The topological polar surface area (TPSA) is 76.2 Å². The number of methoxy groups -OCH3 is 1. The Morgan fingerprint density at radius 2 is 1.78 bits per heavy atom. The summed E-state index contributed by atoms with van der Waals surface area (Å²) in [5, 5.41) is 0. The first-order chi connectivity index (χ1) is 12.7. The lowest BCUT2D eigenvalue weighted by atomic mass is 10.1. The molecule has 0 aliphatic rings. The lowest BCUT2D eigenvalue weighted by Crippen LogP contribution is -2.28. The van der Waals surface area contributed by atoms with Gasteiger partial charge in [-0.1, -0.05) is 28.2 Å². The van der Waals surface area contributed by atoms with Gasteiger partial charge in [0.25, 0.3) is 15.9 Å². The highest BCUT2D eigenvalue weighted by molar-refractivity contribution is 7.89. The minimum Gasteiger partial charge on any atom is -0.496 e. The van der Waals surface area contributed by atoms with E-state index in [9.17, 15) is 13.2 Å². The largest absolute Gasteiger partial charge is 0.496 e. The third-order valence-electron chi connectivity index (χ3n) is 4.16. The molecule has 8 heteroatoms. The highest BCUT2D eigenvalue weighted by Crippen LogP contribution is 2.22. The zero-order chi connectivity index (χ0) is 20.2. The molecule has 7 nitrogen and oxygen atoms in total. The van der Waals surface area contributed by atoms with Gasteiger partial charge >= 0.3 is 0 Å². The maximum atomic E-state index is 12.8. The summed E-state index contributed by atoms with van der Waals surface area (Å²) in [5.74, 6) is 0.397. The number of sulfonamides is 1. The first-order valence-corrected chi connectivity index (χ1v) is 9.66. The van der Waals surface area contributed by atoms with Crippen molar-refractivity contribution in [2.75, 3.05) is 28.3 Å². The molecule has 27 heavy (non-hydrogen) atoms. The molecule has 2 rings (SSSR count). The normalized spacial score (nSPS) is 11.5. The maximum Gasteiger partial charge on any atom is 0.264 e. The molecule has 0 saturated carbocycles. The number of ether oxygens (including phenoxy) is 1. The predicted molar refractivity (Wildman–Crippen MR) is 102 cm³/mol. The molecule has 0 spiro atoms. The van der Waals surface area contributed by atoms with Crippen molar-refractivity contribution in [3.63, 3.8) is 0 Å². The Bertz CT molecular complexity index is 927. The molecule has 0 unspecified atom stereocenters. The zero-order valence-electron chi connectivity index (χ0n) is 16.1. The lowest BCUT2D eigenvalue weighted by Gasteiger charge is -2.20. The Labute approximate surface area is 160 Å². The Balaban J connectivity index is 2.28. The van der Waals surface area contributed by atoms with E-state index in [1.165, 1.54) is 37.3 Å². The minimum atomic E-state index is -3.83. The van der Waals surface area contributed by atoms with Gasteiger partial charge in [-0.3, -0.25) is 9.63 Å². The molecular weight excluding hydrogens is 368 g/mol.